The molecule has 4 rings (SSSR count). The second kappa shape index (κ2) is 9.77. The zero-order chi connectivity index (χ0) is 24.5. The van der Waals surface area contributed by atoms with E-state index in [-0.39, 0.29) is 26.9 Å². The summed E-state index contributed by atoms with van der Waals surface area (Å²) in [5.41, 5.74) is 0.492. The van der Waals surface area contributed by atoms with Gasteiger partial charge in [0, 0.05) is 24.2 Å². The van der Waals surface area contributed by atoms with E-state index in [1.807, 2.05) is 4.90 Å². The van der Waals surface area contributed by atoms with Crippen LogP contribution in [0.1, 0.15) is 23.2 Å². The van der Waals surface area contributed by atoms with Crippen LogP contribution in [0.15, 0.2) is 59.5 Å². The summed E-state index contributed by atoms with van der Waals surface area (Å²) in [5.74, 6) is -2.68. The van der Waals surface area contributed by atoms with Crippen LogP contribution in [-0.2, 0) is 10.0 Å². The number of carbonyl (C=O) groups is 1. The number of hydrogen-bond acceptors (Lipinski definition) is 4. The quantitative estimate of drug-likeness (QED) is 0.418. The van der Waals surface area contributed by atoms with Crippen molar-refractivity contribution in [2.24, 2.45) is 0 Å². The molecule has 1 aliphatic heterocycles. The molecule has 3 aromatic carbocycles. The van der Waals surface area contributed by atoms with Crippen molar-refractivity contribution in [2.45, 2.75) is 17.7 Å². The lowest BCUT2D eigenvalue weighted by Crippen LogP contribution is -2.22. The van der Waals surface area contributed by atoms with E-state index >= 15 is 0 Å². The summed E-state index contributed by atoms with van der Waals surface area (Å²) in [7, 11) is -4.12. The number of rotatable bonds is 6. The molecule has 11 heteroatoms. The van der Waals surface area contributed by atoms with Crippen molar-refractivity contribution in [3.05, 3.63) is 81.8 Å². The van der Waals surface area contributed by atoms with Crippen LogP contribution in [0.4, 0.5) is 25.8 Å². The van der Waals surface area contributed by atoms with Crippen LogP contribution in [-0.4, -0.2) is 27.4 Å². The molecule has 1 fully saturated rings. The molecule has 6 nitrogen and oxygen atoms in total. The summed E-state index contributed by atoms with van der Waals surface area (Å²) >= 11 is 12.0. The Hall–Kier alpha value is -2.88. The van der Waals surface area contributed by atoms with Crippen molar-refractivity contribution < 1.29 is 22.0 Å². The number of nitrogens with one attached hydrogen (secondary N) is 2. The topological polar surface area (TPSA) is 78.5 Å². The van der Waals surface area contributed by atoms with Crippen LogP contribution in [0.5, 0.6) is 0 Å². The summed E-state index contributed by atoms with van der Waals surface area (Å²) in [4.78, 5) is 14.6. The van der Waals surface area contributed by atoms with Gasteiger partial charge in [-0.05, 0) is 61.4 Å². The van der Waals surface area contributed by atoms with E-state index < -0.39 is 27.6 Å². The lowest BCUT2D eigenvalue weighted by atomic mass is 10.1. The van der Waals surface area contributed by atoms with Crippen molar-refractivity contribution in [1.29, 1.82) is 0 Å². The average Bonchev–Trinajstić information content (AvgIpc) is 3.30. The number of hydrogen-bond donors (Lipinski definition) is 2. The predicted molar refractivity (Wildman–Crippen MR) is 129 cm³/mol. The van der Waals surface area contributed by atoms with E-state index in [0.29, 0.717) is 16.8 Å². The maximum Gasteiger partial charge on any atom is 0.262 e. The summed E-state index contributed by atoms with van der Waals surface area (Å²) in [6.07, 6.45) is 1.88. The number of benzene rings is 3. The highest BCUT2D eigenvalue weighted by Crippen LogP contribution is 2.34. The van der Waals surface area contributed by atoms with Crippen molar-refractivity contribution >= 4 is 56.2 Å². The molecule has 0 radical (unpaired) electrons. The fourth-order valence-corrected chi connectivity index (χ4v) is 5.15. The van der Waals surface area contributed by atoms with Gasteiger partial charge in [0.1, 0.15) is 11.6 Å². The van der Waals surface area contributed by atoms with Crippen LogP contribution >= 0.6 is 23.2 Å². The first-order valence-corrected chi connectivity index (χ1v) is 12.5. The number of amides is 1. The summed E-state index contributed by atoms with van der Waals surface area (Å²) in [6, 6.07) is 11.2. The largest absolute Gasteiger partial charge is 0.370 e. The van der Waals surface area contributed by atoms with E-state index in [2.05, 4.69) is 10.0 Å². The van der Waals surface area contributed by atoms with Gasteiger partial charge in [0.25, 0.3) is 15.9 Å². The molecule has 0 unspecified atom stereocenters. The van der Waals surface area contributed by atoms with Gasteiger partial charge in [0.15, 0.2) is 0 Å². The minimum Gasteiger partial charge on any atom is -0.370 e. The zero-order valence-electron chi connectivity index (χ0n) is 17.6. The highest BCUT2D eigenvalue weighted by atomic mass is 35.5. The lowest BCUT2D eigenvalue weighted by molar-refractivity contribution is 0.102. The molecule has 0 aliphatic carbocycles. The first-order valence-electron chi connectivity index (χ1n) is 10.3. The van der Waals surface area contributed by atoms with Gasteiger partial charge in [-0.2, -0.15) is 0 Å². The SMILES string of the molecule is O=C(Nc1cc(S(=O)(=O)Nc2cc(Cl)ccc2Cl)ccc1N1CCCC1)c1ccc(F)cc1F. The highest BCUT2D eigenvalue weighted by Gasteiger charge is 2.23. The minimum atomic E-state index is -4.12. The van der Waals surface area contributed by atoms with Crippen LogP contribution in [0.3, 0.4) is 0 Å². The maximum atomic E-state index is 14.1. The third-order valence-electron chi connectivity index (χ3n) is 5.32. The van der Waals surface area contributed by atoms with E-state index in [4.69, 9.17) is 23.2 Å². The third-order valence-corrected chi connectivity index (χ3v) is 7.25. The number of nitrogens with zero attached hydrogens (tertiary/aromatic N) is 1. The molecule has 3 aromatic rings. The number of anilines is 3. The van der Waals surface area contributed by atoms with Gasteiger partial charge in [-0.1, -0.05) is 23.2 Å². The average molecular weight is 526 g/mol. The Morgan fingerprint density at radius 1 is 0.912 bits per heavy atom. The molecule has 0 spiro atoms. The van der Waals surface area contributed by atoms with Crippen molar-refractivity contribution in [1.82, 2.24) is 0 Å². The Balaban J connectivity index is 1.70. The fraction of sp³-hybridized carbons (Fsp3) is 0.174. The van der Waals surface area contributed by atoms with Crippen LogP contribution in [0.2, 0.25) is 10.0 Å². The first kappa shape index (κ1) is 24.3. The molecule has 1 aliphatic rings. The lowest BCUT2D eigenvalue weighted by Gasteiger charge is -2.22. The Bertz CT molecular complexity index is 1360. The summed E-state index contributed by atoms with van der Waals surface area (Å²) in [5, 5.41) is 3.03. The van der Waals surface area contributed by atoms with Gasteiger partial charge >= 0.3 is 0 Å². The zero-order valence-corrected chi connectivity index (χ0v) is 19.9. The standard InChI is InChI=1S/C23H19Cl2F2N3O3S/c24-14-3-7-18(25)20(11-14)29-34(32,33)16-5-8-22(30-9-1-2-10-30)21(13-16)28-23(31)17-6-4-15(26)12-19(17)27/h3-8,11-13,29H,1-2,9-10H2,(H,28,31). The number of sulfonamides is 1. The number of carbonyl (C=O) groups excluding carboxylic acids is 1. The predicted octanol–water partition coefficient (Wildman–Crippen LogP) is 5.92. The molecule has 0 aromatic heterocycles. The van der Waals surface area contributed by atoms with Crippen LogP contribution in [0.25, 0.3) is 0 Å². The molecule has 2 N–H and O–H groups in total. The Morgan fingerprint density at radius 2 is 1.65 bits per heavy atom. The van der Waals surface area contributed by atoms with E-state index in [9.17, 15) is 22.0 Å². The van der Waals surface area contributed by atoms with E-state index in [1.54, 1.807) is 6.07 Å². The van der Waals surface area contributed by atoms with Gasteiger partial charge in [0.05, 0.1) is 32.5 Å². The summed E-state index contributed by atoms with van der Waals surface area (Å²) in [6.45, 7) is 1.44. The molecule has 1 amide bonds. The van der Waals surface area contributed by atoms with Gasteiger partial charge < -0.3 is 10.2 Å². The van der Waals surface area contributed by atoms with Crippen molar-refractivity contribution in [3.63, 3.8) is 0 Å². The molecule has 1 saturated heterocycles. The molecule has 0 atom stereocenters. The second-order valence-electron chi connectivity index (χ2n) is 7.68. The Kier molecular flexibility index (Phi) is 6.97. The minimum absolute atomic E-state index is 0.0942. The molecule has 0 saturated carbocycles. The molecule has 0 bridgehead atoms. The van der Waals surface area contributed by atoms with Gasteiger partial charge in [-0.25, -0.2) is 17.2 Å². The first-order chi connectivity index (χ1) is 16.1. The highest BCUT2D eigenvalue weighted by molar-refractivity contribution is 7.92. The van der Waals surface area contributed by atoms with Crippen molar-refractivity contribution in [2.75, 3.05) is 28.0 Å². The van der Waals surface area contributed by atoms with Gasteiger partial charge in [-0.3, -0.25) is 9.52 Å². The molecular formula is C23H19Cl2F2N3O3S. The number of halogens is 4. The second-order valence-corrected chi connectivity index (χ2v) is 10.2. The molecule has 1 heterocycles. The summed E-state index contributed by atoms with van der Waals surface area (Å²) < 4.78 is 55.9. The van der Waals surface area contributed by atoms with Crippen LogP contribution in [0, 0.1) is 11.6 Å². The van der Waals surface area contributed by atoms with Crippen LogP contribution < -0.4 is 14.9 Å². The molecular weight excluding hydrogens is 507 g/mol. The Morgan fingerprint density at radius 3 is 2.35 bits per heavy atom. The van der Waals surface area contributed by atoms with Gasteiger partial charge in [-0.15, -0.1) is 0 Å². The third kappa shape index (κ3) is 5.27. The normalized spacial score (nSPS) is 13.7. The van der Waals surface area contributed by atoms with Crippen molar-refractivity contribution in [3.8, 4) is 0 Å². The smallest absolute Gasteiger partial charge is 0.262 e. The molecule has 34 heavy (non-hydrogen) atoms. The van der Waals surface area contributed by atoms with E-state index in [1.165, 1.54) is 30.3 Å². The molecule has 178 valence electrons. The maximum absolute atomic E-state index is 14.1. The van der Waals surface area contributed by atoms with E-state index in [0.717, 1.165) is 38.1 Å². The fourth-order valence-electron chi connectivity index (χ4n) is 3.66. The van der Waals surface area contributed by atoms with Gasteiger partial charge in [0.2, 0.25) is 0 Å². The Labute approximate surface area is 205 Å². The monoisotopic (exact) mass is 525 g/mol.